The molecule has 0 aliphatic carbocycles. The van der Waals surface area contributed by atoms with Crippen LogP contribution < -0.4 is 11.1 Å². The summed E-state index contributed by atoms with van der Waals surface area (Å²) >= 11 is 11.9. The highest BCUT2D eigenvalue weighted by molar-refractivity contribution is 9.11. The lowest BCUT2D eigenvalue weighted by Crippen LogP contribution is -2.10. The maximum atomic E-state index is 5.66. The minimum atomic E-state index is 0.363. The Labute approximate surface area is 133 Å². The first-order chi connectivity index (χ1) is 8.95. The molecule has 0 radical (unpaired) electrons. The second-order valence-corrected chi connectivity index (χ2v) is 6.21. The van der Waals surface area contributed by atoms with Crippen LogP contribution >= 0.6 is 44.1 Å². The van der Waals surface area contributed by atoms with Crippen molar-refractivity contribution < 1.29 is 0 Å². The van der Waals surface area contributed by atoms with Crippen LogP contribution in [0.1, 0.15) is 11.3 Å². The number of thiocarbonyl (C=S) groups is 1. The van der Waals surface area contributed by atoms with E-state index < -0.39 is 0 Å². The van der Waals surface area contributed by atoms with E-state index in [1.165, 1.54) is 0 Å². The van der Waals surface area contributed by atoms with Crippen molar-refractivity contribution in [2.75, 3.05) is 5.32 Å². The summed E-state index contributed by atoms with van der Waals surface area (Å²) in [5.41, 5.74) is 8.24. The largest absolute Gasteiger partial charge is 0.389 e. The average molecular weight is 401 g/mol. The van der Waals surface area contributed by atoms with E-state index in [0.29, 0.717) is 10.8 Å². The molecule has 0 aliphatic heterocycles. The molecule has 6 heteroatoms. The Hall–Kier alpha value is -0.980. The molecule has 0 unspecified atom stereocenters. The number of nitrogens with two attached hydrogens (primary N) is 1. The van der Waals surface area contributed by atoms with Crippen LogP contribution in [0.3, 0.4) is 0 Å². The quantitative estimate of drug-likeness (QED) is 0.754. The molecule has 3 N–H and O–H groups in total. The summed E-state index contributed by atoms with van der Waals surface area (Å²) in [7, 11) is 0. The van der Waals surface area contributed by atoms with Crippen LogP contribution in [-0.4, -0.2) is 9.97 Å². The molecule has 1 aromatic carbocycles. The zero-order chi connectivity index (χ0) is 14.0. The molecule has 98 valence electrons. The highest BCUT2D eigenvalue weighted by atomic mass is 79.9. The van der Waals surface area contributed by atoms with Gasteiger partial charge in [0.1, 0.15) is 10.8 Å². The third-order valence-corrected chi connectivity index (χ3v) is 3.85. The number of aromatic nitrogens is 1. The fraction of sp³-hybridized carbons (Fsp3) is 0.0769. The molecule has 0 atom stereocenters. The second-order valence-electron chi connectivity index (χ2n) is 4.00. The Morgan fingerprint density at radius 3 is 2.68 bits per heavy atom. The van der Waals surface area contributed by atoms with Crippen molar-refractivity contribution in [1.29, 1.82) is 0 Å². The molecule has 2 aromatic rings. The van der Waals surface area contributed by atoms with Gasteiger partial charge in [-0.15, -0.1) is 0 Å². The number of pyridine rings is 1. The number of nitrogens with one attached hydrogen (secondary N) is 1. The molecule has 0 amide bonds. The molecule has 2 rings (SSSR count). The van der Waals surface area contributed by atoms with Crippen molar-refractivity contribution in [3.63, 3.8) is 0 Å². The molecule has 0 saturated carbocycles. The van der Waals surface area contributed by atoms with Gasteiger partial charge in [0, 0.05) is 20.2 Å². The van der Waals surface area contributed by atoms with Crippen molar-refractivity contribution in [2.24, 2.45) is 5.73 Å². The van der Waals surface area contributed by atoms with Crippen LogP contribution in [0.15, 0.2) is 39.3 Å². The number of rotatable bonds is 3. The van der Waals surface area contributed by atoms with E-state index in [4.69, 9.17) is 18.0 Å². The van der Waals surface area contributed by atoms with Gasteiger partial charge in [-0.1, -0.05) is 28.1 Å². The Balaban J connectivity index is 2.38. The predicted octanol–water partition coefficient (Wildman–Crippen LogP) is 4.29. The Bertz CT molecular complexity index is 644. The molecule has 0 bridgehead atoms. The molecular weight excluding hydrogens is 390 g/mol. The minimum absolute atomic E-state index is 0.363. The van der Waals surface area contributed by atoms with Crippen molar-refractivity contribution in [1.82, 2.24) is 4.98 Å². The molecule has 1 aromatic heterocycles. The van der Waals surface area contributed by atoms with E-state index in [1.807, 2.05) is 37.3 Å². The lowest BCUT2D eigenvalue weighted by molar-refractivity contribution is 1.19. The van der Waals surface area contributed by atoms with Gasteiger partial charge in [-0.2, -0.15) is 0 Å². The van der Waals surface area contributed by atoms with E-state index in [-0.39, 0.29) is 0 Å². The maximum Gasteiger partial charge on any atom is 0.131 e. The zero-order valence-electron chi connectivity index (χ0n) is 10.1. The zero-order valence-corrected chi connectivity index (χ0v) is 14.1. The Kier molecular flexibility index (Phi) is 4.54. The first kappa shape index (κ1) is 14.4. The topological polar surface area (TPSA) is 50.9 Å². The van der Waals surface area contributed by atoms with E-state index >= 15 is 0 Å². The van der Waals surface area contributed by atoms with Crippen LogP contribution in [0, 0.1) is 6.92 Å². The number of aryl methyl sites for hydroxylation is 1. The summed E-state index contributed by atoms with van der Waals surface area (Å²) in [4.78, 5) is 4.78. The van der Waals surface area contributed by atoms with Crippen LogP contribution in [0.4, 0.5) is 11.5 Å². The number of halogens is 2. The van der Waals surface area contributed by atoms with Crippen LogP contribution in [-0.2, 0) is 0 Å². The third-order valence-electron chi connectivity index (χ3n) is 2.43. The Morgan fingerprint density at radius 1 is 1.26 bits per heavy atom. The van der Waals surface area contributed by atoms with Crippen LogP contribution in [0.5, 0.6) is 0 Å². The molecule has 3 nitrogen and oxygen atoms in total. The van der Waals surface area contributed by atoms with Crippen LogP contribution in [0.2, 0.25) is 0 Å². The Morgan fingerprint density at radius 2 is 2.00 bits per heavy atom. The van der Waals surface area contributed by atoms with Crippen molar-refractivity contribution in [3.8, 4) is 0 Å². The predicted molar refractivity (Wildman–Crippen MR) is 90.0 cm³/mol. The lowest BCUT2D eigenvalue weighted by atomic mass is 10.2. The highest BCUT2D eigenvalue weighted by Crippen LogP contribution is 2.28. The van der Waals surface area contributed by atoms with Gasteiger partial charge in [0.05, 0.1) is 5.69 Å². The van der Waals surface area contributed by atoms with E-state index in [9.17, 15) is 0 Å². The monoisotopic (exact) mass is 399 g/mol. The van der Waals surface area contributed by atoms with Gasteiger partial charge >= 0.3 is 0 Å². The molecule has 0 fully saturated rings. The molecule has 0 saturated heterocycles. The van der Waals surface area contributed by atoms with Crippen molar-refractivity contribution >= 4 is 60.6 Å². The van der Waals surface area contributed by atoms with Crippen LogP contribution in [0.25, 0.3) is 0 Å². The molecule has 1 heterocycles. The number of hydrogen-bond acceptors (Lipinski definition) is 3. The number of anilines is 2. The second kappa shape index (κ2) is 5.98. The van der Waals surface area contributed by atoms with E-state index in [1.54, 1.807) is 0 Å². The summed E-state index contributed by atoms with van der Waals surface area (Å²) in [5.74, 6) is 0.710. The smallest absolute Gasteiger partial charge is 0.131 e. The normalized spacial score (nSPS) is 10.3. The van der Waals surface area contributed by atoms with Gasteiger partial charge in [0.25, 0.3) is 0 Å². The summed E-state index contributed by atoms with van der Waals surface area (Å²) in [6, 6.07) is 9.58. The first-order valence-electron chi connectivity index (χ1n) is 5.46. The lowest BCUT2D eigenvalue weighted by Gasteiger charge is -2.10. The molecular formula is C13H11Br2N3S. The summed E-state index contributed by atoms with van der Waals surface area (Å²) < 4.78 is 1.94. The van der Waals surface area contributed by atoms with E-state index in [0.717, 1.165) is 25.9 Å². The number of benzene rings is 1. The van der Waals surface area contributed by atoms with Gasteiger partial charge in [-0.3, -0.25) is 0 Å². The molecule has 19 heavy (non-hydrogen) atoms. The summed E-state index contributed by atoms with van der Waals surface area (Å²) in [6.07, 6.45) is 0. The fourth-order valence-corrected chi connectivity index (χ4v) is 2.43. The number of hydrogen-bond donors (Lipinski definition) is 2. The van der Waals surface area contributed by atoms with Gasteiger partial charge in [-0.25, -0.2) is 4.98 Å². The van der Waals surface area contributed by atoms with Crippen molar-refractivity contribution in [3.05, 3.63) is 50.5 Å². The van der Waals surface area contributed by atoms with Crippen molar-refractivity contribution in [2.45, 2.75) is 6.92 Å². The standard InChI is InChI=1S/C13H11Br2N3S/c1-7-4-8(13(16)19)5-12(17-7)18-11-6-9(14)2-3-10(11)15/h2-6H,1H3,(H2,16,19)(H,17,18). The maximum absolute atomic E-state index is 5.66. The summed E-state index contributed by atoms with van der Waals surface area (Å²) in [6.45, 7) is 1.91. The third kappa shape index (κ3) is 3.75. The molecule has 0 spiro atoms. The van der Waals surface area contributed by atoms with Gasteiger partial charge < -0.3 is 11.1 Å². The SMILES string of the molecule is Cc1cc(C(N)=S)cc(Nc2cc(Br)ccc2Br)n1. The fourth-order valence-electron chi connectivity index (χ4n) is 1.61. The van der Waals surface area contributed by atoms with Gasteiger partial charge in [-0.05, 0) is 53.2 Å². The minimum Gasteiger partial charge on any atom is -0.389 e. The van der Waals surface area contributed by atoms with Gasteiger partial charge in [0.2, 0.25) is 0 Å². The van der Waals surface area contributed by atoms with Gasteiger partial charge in [0.15, 0.2) is 0 Å². The highest BCUT2D eigenvalue weighted by Gasteiger charge is 2.05. The number of nitrogens with zero attached hydrogens (tertiary/aromatic N) is 1. The average Bonchev–Trinajstić information content (AvgIpc) is 2.33. The summed E-state index contributed by atoms with van der Waals surface area (Å²) in [5, 5.41) is 3.25. The first-order valence-corrected chi connectivity index (χ1v) is 7.45. The van der Waals surface area contributed by atoms with E-state index in [2.05, 4.69) is 42.2 Å². The molecule has 0 aliphatic rings.